The Labute approximate surface area is 707 Å². The number of nitrogens with one attached hydrogen (secondary N) is 23. The lowest BCUT2D eigenvalue weighted by Gasteiger charge is -2.28. The number of carboxylic acid groups (broad SMARTS) is 1. The number of aromatic nitrogens is 1. The second kappa shape index (κ2) is 55.1. The number of aliphatic hydroxyl groups excluding tert-OH is 1. The van der Waals surface area contributed by atoms with Gasteiger partial charge in [-0.3, -0.25) is 84.6 Å². The summed E-state index contributed by atoms with van der Waals surface area (Å²) in [7, 11) is 0. The van der Waals surface area contributed by atoms with Gasteiger partial charge in [-0.2, -0.15) is 0 Å². The maximum atomic E-state index is 15.1. The van der Waals surface area contributed by atoms with Gasteiger partial charge in [-0.05, 0) is 145 Å². The number of hydrogen-bond acceptors (Lipinski definition) is 22. The number of hydrogen-bond donors (Lipinski definition) is 33. The van der Waals surface area contributed by atoms with Gasteiger partial charge in [0.2, 0.25) is 70.9 Å². The van der Waals surface area contributed by atoms with Crippen LogP contribution in [0.1, 0.15) is 142 Å². The van der Waals surface area contributed by atoms with Crippen molar-refractivity contribution in [1.29, 1.82) is 27.0 Å². The minimum atomic E-state index is -1.57. The molecule has 3 rings (SSSR count). The Morgan fingerprint density at radius 2 is 0.795 bits per heavy atom. The summed E-state index contributed by atoms with van der Waals surface area (Å²) in [5.74, 6) is -15.3. The normalized spacial score (nSPS) is 14.2. The van der Waals surface area contributed by atoms with Crippen LogP contribution in [0.5, 0.6) is 5.75 Å². The summed E-state index contributed by atoms with van der Waals surface area (Å²) in [5.41, 5.74) is 40.9. The minimum Gasteiger partial charge on any atom is -0.508 e. The zero-order chi connectivity index (χ0) is 91.1. The maximum Gasteiger partial charge on any atom is 0.326 e. The van der Waals surface area contributed by atoms with Crippen LogP contribution in [-0.2, 0) is 75.2 Å². The van der Waals surface area contributed by atoms with E-state index < -0.39 is 198 Å². The fourth-order valence-electron chi connectivity index (χ4n) is 12.4. The van der Waals surface area contributed by atoms with E-state index in [1.807, 2.05) is 0 Å². The quantitative estimate of drug-likeness (QED) is 0.0142. The summed E-state index contributed by atoms with van der Waals surface area (Å²) in [6.45, 7) is 6.84. The van der Waals surface area contributed by atoms with Crippen LogP contribution in [0.15, 0.2) is 54.7 Å². The molecule has 13 atom stereocenters. The summed E-state index contributed by atoms with van der Waals surface area (Å²) < 4.78 is 0. The number of benzene rings is 2. The van der Waals surface area contributed by atoms with Crippen molar-refractivity contribution < 1.29 is 77.6 Å². The predicted octanol–water partition coefficient (Wildman–Crippen LogP) is -6.93. The number of aromatic amines is 1. The number of carboxylic acids is 1. The lowest BCUT2D eigenvalue weighted by Crippen LogP contribution is -2.60. The third-order valence-corrected chi connectivity index (χ3v) is 19.3. The third kappa shape index (κ3) is 39.8. The first kappa shape index (κ1) is 103. The second-order valence-corrected chi connectivity index (χ2v) is 29.8. The zero-order valence-corrected chi connectivity index (χ0v) is 69.6. The summed E-state index contributed by atoms with van der Waals surface area (Å²) in [4.78, 5) is 187. The van der Waals surface area contributed by atoms with Gasteiger partial charge in [0.25, 0.3) is 0 Å². The van der Waals surface area contributed by atoms with Crippen molar-refractivity contribution in [1.82, 2.24) is 95.4 Å². The van der Waals surface area contributed by atoms with E-state index in [9.17, 15) is 68.1 Å². The van der Waals surface area contributed by atoms with Crippen LogP contribution < -0.4 is 131 Å². The third-order valence-electron chi connectivity index (χ3n) is 19.3. The lowest BCUT2D eigenvalue weighted by molar-refractivity contribution is -0.143. The van der Waals surface area contributed by atoms with E-state index in [1.54, 1.807) is 58.2 Å². The Balaban J connectivity index is 2.03. The van der Waals surface area contributed by atoms with E-state index in [0.717, 1.165) is 0 Å². The van der Waals surface area contributed by atoms with Gasteiger partial charge in [-0.1, -0.05) is 64.4 Å². The highest BCUT2D eigenvalue weighted by Gasteiger charge is 2.38. The van der Waals surface area contributed by atoms with Gasteiger partial charge in [0, 0.05) is 62.7 Å². The number of rotatable bonds is 58. The predicted molar refractivity (Wildman–Crippen MR) is 454 cm³/mol. The molecule has 3 aromatic rings. The van der Waals surface area contributed by atoms with Crippen LogP contribution in [0.25, 0.3) is 10.9 Å². The number of aromatic hydroxyl groups is 1. The first-order chi connectivity index (χ1) is 57.8. The van der Waals surface area contributed by atoms with Crippen molar-refractivity contribution in [3.05, 3.63) is 65.9 Å². The van der Waals surface area contributed by atoms with E-state index in [0.29, 0.717) is 41.3 Å². The van der Waals surface area contributed by atoms with Gasteiger partial charge in [0.15, 0.2) is 29.8 Å². The number of amides is 12. The van der Waals surface area contributed by atoms with E-state index in [2.05, 4.69) is 95.4 Å². The molecule has 46 heteroatoms. The molecule has 1 heterocycles. The Morgan fingerprint density at radius 3 is 1.19 bits per heavy atom. The fourth-order valence-corrected chi connectivity index (χ4v) is 12.4. The minimum absolute atomic E-state index is 0.00342. The lowest BCUT2D eigenvalue weighted by atomic mass is 9.96. The molecule has 0 spiro atoms. The average Bonchev–Trinajstić information content (AvgIpc) is 1.64. The van der Waals surface area contributed by atoms with Crippen molar-refractivity contribution >= 4 is 118 Å². The van der Waals surface area contributed by atoms with Crippen LogP contribution in [0.2, 0.25) is 0 Å². The molecule has 0 saturated heterocycles. The summed E-state index contributed by atoms with van der Waals surface area (Å²) in [5, 5.41) is 113. The number of guanidine groups is 5. The van der Waals surface area contributed by atoms with Crippen molar-refractivity contribution in [2.75, 3.05) is 52.4 Å². The molecule has 0 aliphatic carbocycles. The molecule has 0 unspecified atom stereocenters. The first-order valence-electron chi connectivity index (χ1n) is 40.4. The Kier molecular flexibility index (Phi) is 46.6. The molecule has 0 fully saturated rings. The number of nitrogens with two attached hydrogens (primary N) is 7. The number of carbonyl (C=O) groups excluding carboxylic acids is 12. The second-order valence-electron chi connectivity index (χ2n) is 29.8. The van der Waals surface area contributed by atoms with E-state index in [1.165, 1.54) is 31.2 Å². The topological polar surface area (TPSA) is 804 Å². The van der Waals surface area contributed by atoms with Crippen LogP contribution in [0.3, 0.4) is 0 Å². The van der Waals surface area contributed by atoms with Gasteiger partial charge < -0.3 is 151 Å². The average molecular weight is 1720 g/mol. The van der Waals surface area contributed by atoms with Crippen molar-refractivity contribution in [2.45, 2.75) is 216 Å². The number of aliphatic carboxylic acids is 1. The number of unbranched alkanes of at least 4 members (excludes halogenated alkanes) is 1. The van der Waals surface area contributed by atoms with Gasteiger partial charge in [-0.25, -0.2) is 4.79 Å². The standard InChI is InChI=1S/C76H128N30O16/c1-6-41(4)59(106-61(111)47(78)39-107)70(120)104-55(35-43-24-26-45(108)27-25-43)68(118)101-52(21-13-31-91-74(83)84)64(114)98-49(19-11-29-89-72(79)80)62(112)95-38-58(109)96-42(5)60(110)97-51(20-12-30-90-73(81)82)63(113)100-54(23-15-33-93-76(87)88)66(116)103-56(36-44-37-94-48-17-8-7-16-46(44)48)69(119)102-53(22-14-32-92-75(85)86)65(115)99-50(18-9-10-28-77)67(117)105-57(71(121)122)34-40(2)3/h7-8,16-17,24-27,37,40-42,47,49-57,59,94,107-108H,6,9-15,18-23,28-36,38-39,77-78H2,1-5H3,(H,95,112)(H,96,109)(H,97,110)(H,98,114)(H,99,115)(H,100,113)(H,101,118)(H,102,119)(H,103,116)(H,104,120)(H,105,117)(H,106,111)(H,121,122)(H4,79,80,89)(H4,81,82,90)(H4,83,84,91)(H4,85,86,92)(H4,87,88,93)/t41-,42-,47-,49-,50-,51-,52-,53-,54-,55-,56-,57-,59-/m0/s1. The number of phenolic OH excluding ortho intramolecular Hbond substituents is 1. The summed E-state index contributed by atoms with van der Waals surface area (Å²) in [6.07, 6.45) is 1.59. The molecule has 0 bridgehead atoms. The van der Waals surface area contributed by atoms with Crippen molar-refractivity contribution in [3.8, 4) is 5.75 Å². The molecule has 0 saturated carbocycles. The van der Waals surface area contributed by atoms with E-state index >= 15 is 9.59 Å². The van der Waals surface area contributed by atoms with Crippen LogP contribution in [0.4, 0.5) is 0 Å². The SMILES string of the molecule is CC[C@H](C)[C@H](NC(=O)[C@@H](N)CO)C(=O)N[C@@H](Cc1ccc(O)cc1)C(=O)N[C@@H](CCCNC(=N)N)C(=O)N[C@@H](CCCNC(=N)N)C(=O)NCC(=O)N[C@@H](C)C(=O)N[C@@H](CCCNC(=N)N)C(=O)N[C@@H](CCCNC(=N)N)C(=O)N[C@@H](Cc1c[nH]c2ccccc12)C(=O)N[C@@H](CCCNC(=N)N)C(=O)N[C@@H](CCCCN)C(=O)N[C@@H](CC(C)C)C(=O)O. The molecule has 0 aliphatic rings. The van der Waals surface area contributed by atoms with Crippen LogP contribution >= 0.6 is 0 Å². The van der Waals surface area contributed by atoms with Gasteiger partial charge in [-0.15, -0.1) is 0 Å². The van der Waals surface area contributed by atoms with Gasteiger partial charge in [0.05, 0.1) is 13.2 Å². The number of H-pyrrole nitrogens is 1. The highest BCUT2D eigenvalue weighted by molar-refractivity contribution is 6.00. The fraction of sp³-hybridized carbons (Fsp3) is 0.579. The van der Waals surface area contributed by atoms with Crippen molar-refractivity contribution in [3.63, 3.8) is 0 Å². The molecule has 40 N–H and O–H groups in total. The van der Waals surface area contributed by atoms with Gasteiger partial charge >= 0.3 is 5.97 Å². The zero-order valence-electron chi connectivity index (χ0n) is 69.6. The Bertz CT molecular complexity index is 4000. The number of carbonyl (C=O) groups is 13. The Morgan fingerprint density at radius 1 is 0.426 bits per heavy atom. The van der Waals surface area contributed by atoms with Gasteiger partial charge in [0.1, 0.15) is 78.3 Å². The highest BCUT2D eigenvalue weighted by atomic mass is 16.4. The molecule has 1 aromatic heterocycles. The van der Waals surface area contributed by atoms with Crippen LogP contribution in [-0.4, -0.2) is 252 Å². The maximum absolute atomic E-state index is 15.1. The largest absolute Gasteiger partial charge is 0.508 e. The molecule has 678 valence electrons. The molecule has 46 nitrogen and oxygen atoms in total. The molecule has 12 amide bonds. The summed E-state index contributed by atoms with van der Waals surface area (Å²) in [6, 6.07) is -4.83. The van der Waals surface area contributed by atoms with E-state index in [-0.39, 0.29) is 141 Å². The summed E-state index contributed by atoms with van der Waals surface area (Å²) >= 11 is 0. The van der Waals surface area contributed by atoms with Crippen LogP contribution in [0, 0.1) is 38.9 Å². The number of phenols is 1. The molecule has 0 aliphatic heterocycles. The molecule has 122 heavy (non-hydrogen) atoms. The molecule has 2 aromatic carbocycles. The number of aliphatic hydroxyl groups is 1. The smallest absolute Gasteiger partial charge is 0.326 e. The molecular weight excluding hydrogens is 1590 g/mol. The molecule has 0 radical (unpaired) electrons. The van der Waals surface area contributed by atoms with Crippen molar-refractivity contribution in [2.24, 2.45) is 52.0 Å². The monoisotopic (exact) mass is 1720 g/mol. The number of para-hydroxylation sites is 1. The van der Waals surface area contributed by atoms with E-state index in [4.69, 9.17) is 67.2 Å². The molecular formula is C76H128N30O16. The highest BCUT2D eigenvalue weighted by Crippen LogP contribution is 2.21. The Hall–Kier alpha value is -12.9. The first-order valence-corrected chi connectivity index (χ1v) is 40.4. The number of fused-ring (bicyclic) bond motifs is 1.